The molecule has 86 valence electrons. The molecule has 1 rings (SSSR count). The van der Waals surface area contributed by atoms with Crippen LogP contribution in [0.25, 0.3) is 0 Å². The van der Waals surface area contributed by atoms with E-state index in [1.54, 1.807) is 4.68 Å². The fourth-order valence-electron chi connectivity index (χ4n) is 1.35. The molecule has 2 N–H and O–H groups in total. The van der Waals surface area contributed by atoms with Crippen LogP contribution in [0.4, 0.5) is 0 Å². The van der Waals surface area contributed by atoms with Gasteiger partial charge < -0.3 is 5.73 Å². The topological polar surface area (TPSA) is 60.9 Å². The second-order valence-corrected chi connectivity index (χ2v) is 5.53. The van der Waals surface area contributed by atoms with Gasteiger partial charge in [0.25, 0.3) is 0 Å². The molecule has 0 amide bonds. The Morgan fingerprint density at radius 1 is 1.67 bits per heavy atom. The van der Waals surface area contributed by atoms with Gasteiger partial charge >= 0.3 is 0 Å². The van der Waals surface area contributed by atoms with Crippen LogP contribution in [-0.4, -0.2) is 25.8 Å². The monoisotopic (exact) mass is 229 g/mol. The lowest BCUT2D eigenvalue weighted by molar-refractivity contribution is 0.662. The third-order valence-electron chi connectivity index (χ3n) is 2.21. The number of hydrogen-bond acceptors (Lipinski definition) is 3. The van der Waals surface area contributed by atoms with Gasteiger partial charge in [0, 0.05) is 29.6 Å². The van der Waals surface area contributed by atoms with Crippen LogP contribution in [-0.2, 0) is 23.6 Å². The van der Waals surface area contributed by atoms with Crippen molar-refractivity contribution in [3.05, 3.63) is 17.5 Å². The quantitative estimate of drug-likeness (QED) is 0.809. The molecule has 1 heterocycles. The molecular formula is C10H19N3OS. The Morgan fingerprint density at radius 2 is 2.33 bits per heavy atom. The highest BCUT2D eigenvalue weighted by Crippen LogP contribution is 2.06. The summed E-state index contributed by atoms with van der Waals surface area (Å²) in [7, 11) is 1.05. The van der Waals surface area contributed by atoms with E-state index in [-0.39, 0.29) is 6.04 Å². The molecule has 15 heavy (non-hydrogen) atoms. The summed E-state index contributed by atoms with van der Waals surface area (Å²) in [6, 6.07) is 2.10. The van der Waals surface area contributed by atoms with Gasteiger partial charge in [-0.1, -0.05) is 0 Å². The minimum absolute atomic E-state index is 0.127. The van der Waals surface area contributed by atoms with Crippen LogP contribution in [0, 0.1) is 6.92 Å². The summed E-state index contributed by atoms with van der Waals surface area (Å²) in [6.45, 7) is 3.87. The average molecular weight is 229 g/mol. The Hall–Kier alpha value is -0.680. The first kappa shape index (κ1) is 12.4. The molecule has 0 aromatic carbocycles. The second kappa shape index (κ2) is 5.42. The molecule has 4 nitrogen and oxygen atoms in total. The summed E-state index contributed by atoms with van der Waals surface area (Å²) < 4.78 is 13.5. The van der Waals surface area contributed by atoms with Gasteiger partial charge in [-0.15, -0.1) is 0 Å². The fourth-order valence-corrected chi connectivity index (χ4v) is 2.73. The molecule has 0 saturated heterocycles. The predicted octanol–water partition coefficient (Wildman–Crippen LogP) is 0.715. The zero-order valence-electron chi connectivity index (χ0n) is 9.56. The zero-order chi connectivity index (χ0) is 11.4. The minimum Gasteiger partial charge on any atom is -0.328 e. The standard InChI is InChI=1S/C10H19N3OS/c1-8(11)4-5-15(14)7-10-6-9(2)12-13(10)3/h6,8H,4-5,7,11H2,1-3H3. The van der Waals surface area contributed by atoms with Crippen LogP contribution < -0.4 is 5.73 Å². The van der Waals surface area contributed by atoms with E-state index in [1.165, 1.54) is 0 Å². The number of aryl methyl sites for hydroxylation is 2. The molecule has 0 aliphatic rings. The molecule has 0 aliphatic heterocycles. The number of aromatic nitrogens is 2. The first-order chi connectivity index (χ1) is 6.99. The fraction of sp³-hybridized carbons (Fsp3) is 0.700. The average Bonchev–Trinajstić information content (AvgIpc) is 2.42. The van der Waals surface area contributed by atoms with Gasteiger partial charge in [0.05, 0.1) is 17.1 Å². The van der Waals surface area contributed by atoms with Crippen LogP contribution in [0.15, 0.2) is 6.07 Å². The Labute approximate surface area is 93.3 Å². The highest BCUT2D eigenvalue weighted by molar-refractivity contribution is 7.84. The van der Waals surface area contributed by atoms with Crippen LogP contribution in [0.2, 0.25) is 0 Å². The lowest BCUT2D eigenvalue weighted by Crippen LogP contribution is -2.18. The first-order valence-corrected chi connectivity index (χ1v) is 6.58. The van der Waals surface area contributed by atoms with E-state index in [1.807, 2.05) is 27.0 Å². The van der Waals surface area contributed by atoms with Gasteiger partial charge in [-0.25, -0.2) is 0 Å². The highest BCUT2D eigenvalue weighted by Gasteiger charge is 2.07. The van der Waals surface area contributed by atoms with E-state index in [0.717, 1.165) is 17.8 Å². The lowest BCUT2D eigenvalue weighted by Gasteiger charge is -2.05. The lowest BCUT2D eigenvalue weighted by atomic mass is 10.3. The normalized spacial score (nSPS) is 15.2. The third kappa shape index (κ3) is 4.13. The summed E-state index contributed by atoms with van der Waals surface area (Å²) in [5.74, 6) is 1.24. The first-order valence-electron chi connectivity index (χ1n) is 5.09. The van der Waals surface area contributed by atoms with Crippen molar-refractivity contribution in [3.8, 4) is 0 Å². The van der Waals surface area contributed by atoms with Gasteiger partial charge in [-0.05, 0) is 26.3 Å². The van der Waals surface area contributed by atoms with Crippen LogP contribution in [0.1, 0.15) is 24.7 Å². The molecule has 0 radical (unpaired) electrons. The van der Waals surface area contributed by atoms with Gasteiger partial charge in [0.2, 0.25) is 0 Å². The van der Waals surface area contributed by atoms with Gasteiger partial charge in [0.1, 0.15) is 0 Å². The van der Waals surface area contributed by atoms with Crippen molar-refractivity contribution in [2.75, 3.05) is 5.75 Å². The Kier molecular flexibility index (Phi) is 4.47. The Morgan fingerprint density at radius 3 is 2.80 bits per heavy atom. The minimum atomic E-state index is -0.829. The summed E-state index contributed by atoms with van der Waals surface area (Å²) in [5.41, 5.74) is 7.61. The molecule has 0 bridgehead atoms. The summed E-state index contributed by atoms with van der Waals surface area (Å²) in [5, 5.41) is 4.22. The molecule has 0 aliphatic carbocycles. The Balaban J connectivity index is 2.48. The van der Waals surface area contributed by atoms with E-state index >= 15 is 0 Å². The molecule has 0 spiro atoms. The summed E-state index contributed by atoms with van der Waals surface area (Å²) >= 11 is 0. The number of nitrogens with zero attached hydrogens (tertiary/aromatic N) is 2. The van der Waals surface area contributed by atoms with Gasteiger partial charge in [-0.2, -0.15) is 5.10 Å². The third-order valence-corrected chi connectivity index (χ3v) is 3.52. The van der Waals surface area contributed by atoms with Gasteiger partial charge in [-0.3, -0.25) is 8.89 Å². The molecule has 1 aromatic rings. The van der Waals surface area contributed by atoms with Crippen LogP contribution >= 0.6 is 0 Å². The molecule has 0 fully saturated rings. The maximum absolute atomic E-state index is 11.7. The van der Waals surface area contributed by atoms with Crippen molar-refractivity contribution in [3.63, 3.8) is 0 Å². The van der Waals surface area contributed by atoms with E-state index < -0.39 is 10.8 Å². The molecular weight excluding hydrogens is 210 g/mol. The smallest absolute Gasteiger partial charge is 0.0655 e. The van der Waals surface area contributed by atoms with Crippen molar-refractivity contribution in [2.24, 2.45) is 12.8 Å². The number of rotatable bonds is 5. The number of hydrogen-bond donors (Lipinski definition) is 1. The summed E-state index contributed by atoms with van der Waals surface area (Å²) in [4.78, 5) is 0. The van der Waals surface area contributed by atoms with Crippen molar-refractivity contribution in [2.45, 2.75) is 32.1 Å². The highest BCUT2D eigenvalue weighted by atomic mass is 32.2. The van der Waals surface area contributed by atoms with Crippen LogP contribution in [0.5, 0.6) is 0 Å². The van der Waals surface area contributed by atoms with E-state index in [2.05, 4.69) is 5.10 Å². The van der Waals surface area contributed by atoms with E-state index in [4.69, 9.17) is 5.73 Å². The van der Waals surface area contributed by atoms with Crippen LogP contribution in [0.3, 0.4) is 0 Å². The predicted molar refractivity (Wildman–Crippen MR) is 62.9 cm³/mol. The SMILES string of the molecule is Cc1cc(CS(=O)CCC(C)N)n(C)n1. The molecule has 0 saturated carbocycles. The molecule has 2 unspecified atom stereocenters. The molecule has 2 atom stereocenters. The Bertz CT molecular complexity index is 346. The van der Waals surface area contributed by atoms with Gasteiger partial charge in [0.15, 0.2) is 0 Å². The van der Waals surface area contributed by atoms with Crippen molar-refractivity contribution >= 4 is 10.8 Å². The van der Waals surface area contributed by atoms with Crippen molar-refractivity contribution in [1.29, 1.82) is 0 Å². The zero-order valence-corrected chi connectivity index (χ0v) is 10.4. The maximum Gasteiger partial charge on any atom is 0.0655 e. The van der Waals surface area contributed by atoms with E-state index in [0.29, 0.717) is 11.5 Å². The maximum atomic E-state index is 11.7. The number of nitrogens with two attached hydrogens (primary N) is 1. The molecule has 5 heteroatoms. The largest absolute Gasteiger partial charge is 0.328 e. The van der Waals surface area contributed by atoms with Crippen molar-refractivity contribution in [1.82, 2.24) is 9.78 Å². The second-order valence-electron chi connectivity index (χ2n) is 3.95. The van der Waals surface area contributed by atoms with Crippen molar-refractivity contribution < 1.29 is 4.21 Å². The van der Waals surface area contributed by atoms with E-state index in [9.17, 15) is 4.21 Å². The molecule has 1 aromatic heterocycles. The summed E-state index contributed by atoms with van der Waals surface area (Å²) in [6.07, 6.45) is 0.809.